The molecule has 0 saturated heterocycles. The van der Waals surface area contributed by atoms with Crippen LogP contribution in [0, 0.1) is 25.2 Å². The number of rotatable bonds is 5. The van der Waals surface area contributed by atoms with Gasteiger partial charge in [-0.2, -0.15) is 5.26 Å². The Labute approximate surface area is 187 Å². The van der Waals surface area contributed by atoms with Gasteiger partial charge in [-0.1, -0.05) is 30.3 Å². The average molecular weight is 422 g/mol. The molecule has 4 aromatic rings. The van der Waals surface area contributed by atoms with Crippen molar-refractivity contribution in [2.45, 2.75) is 13.8 Å². The molecule has 0 bridgehead atoms. The fourth-order valence-corrected chi connectivity index (χ4v) is 3.83. The van der Waals surface area contributed by atoms with Crippen LogP contribution in [-0.4, -0.2) is 17.6 Å². The normalized spacial score (nSPS) is 11.2. The molecule has 0 fully saturated rings. The SMILES string of the molecule is COc1ccc(-n2c(C)cc(/C=C(/C#N)C(=O)Nc3ccc4ccccc4c3)c2C)cc1. The number of aromatic nitrogens is 1. The maximum Gasteiger partial charge on any atom is 0.266 e. The molecule has 5 nitrogen and oxygen atoms in total. The number of fused-ring (bicyclic) bond motifs is 1. The summed E-state index contributed by atoms with van der Waals surface area (Å²) in [5, 5.41) is 14.6. The molecular formula is C27H23N3O2. The van der Waals surface area contributed by atoms with Crippen LogP contribution >= 0.6 is 0 Å². The van der Waals surface area contributed by atoms with Gasteiger partial charge in [0.2, 0.25) is 0 Å². The number of nitrogens with one attached hydrogen (secondary N) is 1. The highest BCUT2D eigenvalue weighted by atomic mass is 16.5. The highest BCUT2D eigenvalue weighted by Crippen LogP contribution is 2.25. The summed E-state index contributed by atoms with van der Waals surface area (Å²) in [4.78, 5) is 12.8. The minimum Gasteiger partial charge on any atom is -0.497 e. The molecule has 0 aliphatic carbocycles. The molecule has 0 saturated carbocycles. The van der Waals surface area contributed by atoms with E-state index in [0.29, 0.717) is 5.69 Å². The van der Waals surface area contributed by atoms with Crippen molar-refractivity contribution >= 4 is 28.4 Å². The van der Waals surface area contributed by atoms with Crippen LogP contribution in [-0.2, 0) is 4.79 Å². The molecule has 1 aromatic heterocycles. The second kappa shape index (κ2) is 8.83. The number of nitriles is 1. The maximum atomic E-state index is 12.8. The first-order chi connectivity index (χ1) is 15.5. The van der Waals surface area contributed by atoms with Crippen molar-refractivity contribution in [1.82, 2.24) is 4.57 Å². The quantitative estimate of drug-likeness (QED) is 0.327. The number of amides is 1. The van der Waals surface area contributed by atoms with Crippen LogP contribution in [0.25, 0.3) is 22.5 Å². The molecule has 32 heavy (non-hydrogen) atoms. The summed E-state index contributed by atoms with van der Waals surface area (Å²) in [6.07, 6.45) is 1.64. The standard InChI is InChI=1S/C27H23N3O2/c1-18-14-22(19(2)30(18)25-10-12-26(32-3)13-11-25)15-23(17-28)27(31)29-24-9-8-20-6-4-5-7-21(20)16-24/h4-16H,1-3H3,(H,29,31)/b23-15-. The number of benzene rings is 3. The summed E-state index contributed by atoms with van der Waals surface area (Å²) in [7, 11) is 1.64. The van der Waals surface area contributed by atoms with Crippen LogP contribution < -0.4 is 10.1 Å². The number of carbonyl (C=O) groups excluding carboxylic acids is 1. The number of aryl methyl sites for hydroxylation is 1. The van der Waals surface area contributed by atoms with Gasteiger partial charge < -0.3 is 14.6 Å². The van der Waals surface area contributed by atoms with E-state index < -0.39 is 5.91 Å². The van der Waals surface area contributed by atoms with E-state index >= 15 is 0 Å². The van der Waals surface area contributed by atoms with Gasteiger partial charge in [0.1, 0.15) is 17.4 Å². The molecule has 1 amide bonds. The van der Waals surface area contributed by atoms with E-state index in [-0.39, 0.29) is 5.57 Å². The number of methoxy groups -OCH3 is 1. The van der Waals surface area contributed by atoms with Crippen molar-refractivity contribution in [1.29, 1.82) is 5.26 Å². The van der Waals surface area contributed by atoms with Crippen molar-refractivity contribution in [3.63, 3.8) is 0 Å². The molecule has 0 radical (unpaired) electrons. The van der Waals surface area contributed by atoms with Crippen LogP contribution in [0.2, 0.25) is 0 Å². The summed E-state index contributed by atoms with van der Waals surface area (Å²) < 4.78 is 7.32. The summed E-state index contributed by atoms with van der Waals surface area (Å²) in [6.45, 7) is 3.97. The van der Waals surface area contributed by atoms with Crippen LogP contribution in [0.1, 0.15) is 17.0 Å². The van der Waals surface area contributed by atoms with Gasteiger partial charge in [-0.25, -0.2) is 0 Å². The van der Waals surface area contributed by atoms with E-state index in [1.54, 1.807) is 13.2 Å². The van der Waals surface area contributed by atoms with Crippen molar-refractivity contribution in [2.75, 3.05) is 12.4 Å². The number of hydrogen-bond acceptors (Lipinski definition) is 3. The Morgan fingerprint density at radius 3 is 2.41 bits per heavy atom. The third-order valence-electron chi connectivity index (χ3n) is 5.47. The maximum absolute atomic E-state index is 12.8. The topological polar surface area (TPSA) is 67.0 Å². The Kier molecular flexibility index (Phi) is 5.78. The molecule has 4 rings (SSSR count). The number of anilines is 1. The minimum atomic E-state index is -0.433. The van der Waals surface area contributed by atoms with E-state index in [2.05, 4.69) is 9.88 Å². The molecule has 0 aliphatic rings. The van der Waals surface area contributed by atoms with E-state index in [9.17, 15) is 10.1 Å². The van der Waals surface area contributed by atoms with Gasteiger partial charge in [-0.15, -0.1) is 0 Å². The molecular weight excluding hydrogens is 398 g/mol. The zero-order chi connectivity index (χ0) is 22.7. The largest absolute Gasteiger partial charge is 0.497 e. The number of nitrogens with zero attached hydrogens (tertiary/aromatic N) is 2. The zero-order valence-corrected chi connectivity index (χ0v) is 18.2. The van der Waals surface area contributed by atoms with Gasteiger partial charge >= 0.3 is 0 Å². The highest BCUT2D eigenvalue weighted by molar-refractivity contribution is 6.10. The van der Waals surface area contributed by atoms with Crippen LogP contribution in [0.15, 0.2) is 78.4 Å². The van der Waals surface area contributed by atoms with Gasteiger partial charge in [0.25, 0.3) is 5.91 Å². The third kappa shape index (κ3) is 4.12. The lowest BCUT2D eigenvalue weighted by atomic mass is 10.1. The summed E-state index contributed by atoms with van der Waals surface area (Å²) in [5.41, 5.74) is 4.46. The zero-order valence-electron chi connectivity index (χ0n) is 18.2. The molecule has 3 aromatic carbocycles. The van der Waals surface area contributed by atoms with E-state index in [1.807, 2.05) is 92.7 Å². The van der Waals surface area contributed by atoms with Crippen molar-refractivity contribution < 1.29 is 9.53 Å². The first-order valence-electron chi connectivity index (χ1n) is 10.3. The third-order valence-corrected chi connectivity index (χ3v) is 5.47. The Morgan fingerprint density at radius 2 is 1.72 bits per heavy atom. The van der Waals surface area contributed by atoms with E-state index in [4.69, 9.17) is 4.74 Å². The monoisotopic (exact) mass is 421 g/mol. The lowest BCUT2D eigenvalue weighted by Gasteiger charge is -2.10. The Balaban J connectivity index is 1.62. The van der Waals surface area contributed by atoms with Gasteiger partial charge in [-0.3, -0.25) is 4.79 Å². The Morgan fingerprint density at radius 1 is 1.00 bits per heavy atom. The second-order valence-electron chi connectivity index (χ2n) is 7.55. The van der Waals surface area contributed by atoms with Gasteiger partial charge in [0.05, 0.1) is 7.11 Å². The molecule has 0 atom stereocenters. The fraction of sp³-hybridized carbons (Fsp3) is 0.111. The Bertz CT molecular complexity index is 1370. The lowest BCUT2D eigenvalue weighted by Crippen LogP contribution is -2.13. The second-order valence-corrected chi connectivity index (χ2v) is 7.55. The number of hydrogen-bond donors (Lipinski definition) is 1. The van der Waals surface area contributed by atoms with Crippen molar-refractivity contribution in [3.05, 3.63) is 95.3 Å². The van der Waals surface area contributed by atoms with Crippen LogP contribution in [0.5, 0.6) is 5.75 Å². The molecule has 5 heteroatoms. The number of ether oxygens (including phenoxy) is 1. The molecule has 158 valence electrons. The Hall–Kier alpha value is -4.30. The predicted octanol–water partition coefficient (Wildman–Crippen LogP) is 5.80. The van der Waals surface area contributed by atoms with Crippen molar-refractivity contribution in [3.8, 4) is 17.5 Å². The first kappa shape index (κ1) is 21.0. The summed E-state index contributed by atoms with van der Waals surface area (Å²) in [5.74, 6) is 0.352. The predicted molar refractivity (Wildman–Crippen MR) is 128 cm³/mol. The smallest absolute Gasteiger partial charge is 0.266 e. The fourth-order valence-electron chi connectivity index (χ4n) is 3.83. The van der Waals surface area contributed by atoms with Crippen LogP contribution in [0.3, 0.4) is 0 Å². The molecule has 1 N–H and O–H groups in total. The average Bonchev–Trinajstić information content (AvgIpc) is 3.09. The van der Waals surface area contributed by atoms with Gasteiger partial charge in [-0.05, 0) is 78.7 Å². The highest BCUT2D eigenvalue weighted by Gasteiger charge is 2.14. The lowest BCUT2D eigenvalue weighted by molar-refractivity contribution is -0.112. The first-order valence-corrected chi connectivity index (χ1v) is 10.3. The molecule has 1 heterocycles. The minimum absolute atomic E-state index is 0.0492. The van der Waals surface area contributed by atoms with E-state index in [0.717, 1.165) is 39.2 Å². The number of carbonyl (C=O) groups is 1. The summed E-state index contributed by atoms with van der Waals surface area (Å²) in [6, 6.07) is 25.4. The summed E-state index contributed by atoms with van der Waals surface area (Å²) >= 11 is 0. The van der Waals surface area contributed by atoms with Gasteiger partial charge in [0, 0.05) is 22.8 Å². The van der Waals surface area contributed by atoms with Crippen molar-refractivity contribution in [2.24, 2.45) is 0 Å². The van der Waals surface area contributed by atoms with E-state index in [1.165, 1.54) is 0 Å². The van der Waals surface area contributed by atoms with Crippen LogP contribution in [0.4, 0.5) is 5.69 Å². The van der Waals surface area contributed by atoms with Gasteiger partial charge in [0.15, 0.2) is 0 Å². The molecule has 0 unspecified atom stereocenters. The molecule has 0 aliphatic heterocycles. The molecule has 0 spiro atoms.